The predicted octanol–water partition coefficient (Wildman–Crippen LogP) is 3.48. The van der Waals surface area contributed by atoms with Gasteiger partial charge in [-0.3, -0.25) is 0 Å². The van der Waals surface area contributed by atoms with Crippen molar-refractivity contribution in [1.82, 2.24) is 4.90 Å². The van der Waals surface area contributed by atoms with Gasteiger partial charge in [0, 0.05) is 13.1 Å². The average molecular weight is 401 g/mol. The SMILES string of the molecule is CCN(CC)C(N)=NCc1cccc(C(F)(F)F)c1.I. The second-order valence-electron chi connectivity index (χ2n) is 4.04. The van der Waals surface area contributed by atoms with Crippen molar-refractivity contribution in [2.75, 3.05) is 13.1 Å². The fourth-order valence-electron chi connectivity index (χ4n) is 1.67. The Morgan fingerprint density at radius 1 is 1.25 bits per heavy atom. The van der Waals surface area contributed by atoms with Gasteiger partial charge in [-0.05, 0) is 31.5 Å². The molecule has 0 aromatic heterocycles. The number of guanidine groups is 1. The molecule has 1 rings (SSSR count). The topological polar surface area (TPSA) is 41.6 Å². The van der Waals surface area contributed by atoms with E-state index in [0.717, 1.165) is 12.1 Å². The lowest BCUT2D eigenvalue weighted by Crippen LogP contribution is -2.37. The van der Waals surface area contributed by atoms with E-state index in [9.17, 15) is 13.2 Å². The average Bonchev–Trinajstić information content (AvgIpc) is 2.37. The van der Waals surface area contributed by atoms with Crippen LogP contribution in [0.2, 0.25) is 0 Å². The third-order valence-corrected chi connectivity index (χ3v) is 2.77. The molecule has 0 spiro atoms. The summed E-state index contributed by atoms with van der Waals surface area (Å²) in [6.07, 6.45) is -4.33. The van der Waals surface area contributed by atoms with Gasteiger partial charge in [0.25, 0.3) is 0 Å². The van der Waals surface area contributed by atoms with Crippen LogP contribution in [-0.2, 0) is 12.7 Å². The third-order valence-electron chi connectivity index (χ3n) is 2.77. The molecule has 20 heavy (non-hydrogen) atoms. The summed E-state index contributed by atoms with van der Waals surface area (Å²) in [5, 5.41) is 0. The molecule has 0 radical (unpaired) electrons. The molecule has 3 nitrogen and oxygen atoms in total. The van der Waals surface area contributed by atoms with Crippen LogP contribution in [0.1, 0.15) is 25.0 Å². The Morgan fingerprint density at radius 2 is 1.85 bits per heavy atom. The summed E-state index contributed by atoms with van der Waals surface area (Å²) in [5.74, 6) is 0.349. The molecule has 7 heteroatoms. The third kappa shape index (κ3) is 5.56. The lowest BCUT2D eigenvalue weighted by Gasteiger charge is -2.19. The molecule has 0 heterocycles. The number of alkyl halides is 3. The van der Waals surface area contributed by atoms with Crippen molar-refractivity contribution in [1.29, 1.82) is 0 Å². The number of benzene rings is 1. The Balaban J connectivity index is 0.00000361. The number of halogens is 4. The van der Waals surface area contributed by atoms with Gasteiger partial charge < -0.3 is 10.6 Å². The molecule has 0 aliphatic carbocycles. The van der Waals surface area contributed by atoms with E-state index < -0.39 is 11.7 Å². The van der Waals surface area contributed by atoms with E-state index in [0.29, 0.717) is 24.6 Å². The highest BCUT2D eigenvalue weighted by atomic mass is 127. The molecule has 1 aromatic carbocycles. The second-order valence-corrected chi connectivity index (χ2v) is 4.04. The molecule has 2 N–H and O–H groups in total. The minimum Gasteiger partial charge on any atom is -0.370 e. The first kappa shape index (κ1) is 19.0. The lowest BCUT2D eigenvalue weighted by molar-refractivity contribution is -0.137. The Bertz CT molecular complexity index is 443. The van der Waals surface area contributed by atoms with Crippen molar-refractivity contribution >= 4 is 29.9 Å². The predicted molar refractivity (Wildman–Crippen MR) is 85.1 cm³/mol. The summed E-state index contributed by atoms with van der Waals surface area (Å²) in [4.78, 5) is 5.95. The maximum absolute atomic E-state index is 12.5. The van der Waals surface area contributed by atoms with Crippen molar-refractivity contribution in [2.45, 2.75) is 26.6 Å². The minimum atomic E-state index is -4.33. The van der Waals surface area contributed by atoms with Crippen LogP contribution in [-0.4, -0.2) is 23.9 Å². The summed E-state index contributed by atoms with van der Waals surface area (Å²) in [6.45, 7) is 5.46. The minimum absolute atomic E-state index is 0. The van der Waals surface area contributed by atoms with Gasteiger partial charge >= 0.3 is 6.18 Å². The van der Waals surface area contributed by atoms with E-state index in [1.807, 2.05) is 18.7 Å². The Labute approximate surface area is 134 Å². The number of nitrogens with two attached hydrogens (primary N) is 1. The number of hydrogen-bond donors (Lipinski definition) is 1. The molecule has 0 aliphatic heterocycles. The smallest absolute Gasteiger partial charge is 0.370 e. The standard InChI is InChI=1S/C13H18F3N3.HI/c1-3-19(4-2)12(17)18-9-10-6-5-7-11(8-10)13(14,15)16;/h5-8H,3-4,9H2,1-2H3,(H2,17,18);1H. The van der Waals surface area contributed by atoms with E-state index in [2.05, 4.69) is 4.99 Å². The first-order chi connectivity index (χ1) is 8.88. The fraction of sp³-hybridized carbons (Fsp3) is 0.462. The van der Waals surface area contributed by atoms with E-state index in [4.69, 9.17) is 5.73 Å². The molecule has 0 aliphatic rings. The van der Waals surface area contributed by atoms with Crippen molar-refractivity contribution in [3.8, 4) is 0 Å². The molecule has 0 unspecified atom stereocenters. The highest BCUT2D eigenvalue weighted by Gasteiger charge is 2.30. The zero-order valence-electron chi connectivity index (χ0n) is 11.4. The van der Waals surface area contributed by atoms with Crippen molar-refractivity contribution in [3.63, 3.8) is 0 Å². The van der Waals surface area contributed by atoms with Crippen LogP contribution in [0.4, 0.5) is 13.2 Å². The maximum atomic E-state index is 12.5. The molecular weight excluding hydrogens is 382 g/mol. The summed E-state index contributed by atoms with van der Waals surface area (Å²) in [6, 6.07) is 5.12. The van der Waals surface area contributed by atoms with Gasteiger partial charge in [-0.25, -0.2) is 4.99 Å². The highest BCUT2D eigenvalue weighted by Crippen LogP contribution is 2.29. The van der Waals surface area contributed by atoms with Crippen LogP contribution in [0.25, 0.3) is 0 Å². The van der Waals surface area contributed by atoms with Gasteiger partial charge in [-0.15, -0.1) is 24.0 Å². The zero-order valence-corrected chi connectivity index (χ0v) is 13.8. The fourth-order valence-corrected chi connectivity index (χ4v) is 1.67. The monoisotopic (exact) mass is 401 g/mol. The molecule has 0 bridgehead atoms. The van der Waals surface area contributed by atoms with E-state index >= 15 is 0 Å². The largest absolute Gasteiger partial charge is 0.416 e. The van der Waals surface area contributed by atoms with Crippen LogP contribution in [0.15, 0.2) is 29.3 Å². The van der Waals surface area contributed by atoms with Gasteiger partial charge in [-0.1, -0.05) is 12.1 Å². The highest BCUT2D eigenvalue weighted by molar-refractivity contribution is 14.0. The maximum Gasteiger partial charge on any atom is 0.416 e. The van der Waals surface area contributed by atoms with Crippen LogP contribution in [0, 0.1) is 0 Å². The Hall–Kier alpha value is -0.990. The number of nitrogens with zero attached hydrogens (tertiary/aromatic N) is 2. The van der Waals surface area contributed by atoms with E-state index in [1.165, 1.54) is 6.07 Å². The molecule has 0 atom stereocenters. The molecule has 0 saturated carbocycles. The summed E-state index contributed by atoms with van der Waals surface area (Å²) >= 11 is 0. The van der Waals surface area contributed by atoms with Crippen molar-refractivity contribution < 1.29 is 13.2 Å². The van der Waals surface area contributed by atoms with Gasteiger partial charge in [0.15, 0.2) is 5.96 Å². The van der Waals surface area contributed by atoms with Gasteiger partial charge in [-0.2, -0.15) is 13.2 Å². The zero-order chi connectivity index (χ0) is 14.5. The van der Waals surface area contributed by atoms with Crippen molar-refractivity contribution in [2.24, 2.45) is 10.7 Å². The molecule has 1 aromatic rings. The lowest BCUT2D eigenvalue weighted by atomic mass is 10.1. The first-order valence-electron chi connectivity index (χ1n) is 6.09. The Morgan fingerprint density at radius 3 is 2.35 bits per heavy atom. The quantitative estimate of drug-likeness (QED) is 0.477. The molecule has 0 saturated heterocycles. The van der Waals surface area contributed by atoms with Crippen molar-refractivity contribution in [3.05, 3.63) is 35.4 Å². The molecule has 114 valence electrons. The number of hydrogen-bond acceptors (Lipinski definition) is 1. The number of aliphatic imine (C=N–C) groups is 1. The molecular formula is C13H19F3IN3. The Kier molecular flexibility index (Phi) is 7.92. The van der Waals surface area contributed by atoms with Crippen LogP contribution < -0.4 is 5.73 Å². The van der Waals surface area contributed by atoms with Crippen LogP contribution >= 0.6 is 24.0 Å². The normalized spacial score (nSPS) is 11.9. The first-order valence-corrected chi connectivity index (χ1v) is 6.09. The summed E-state index contributed by atoms with van der Waals surface area (Å²) in [7, 11) is 0. The second kappa shape index (κ2) is 8.33. The van der Waals surface area contributed by atoms with E-state index in [1.54, 1.807) is 6.07 Å². The molecule has 0 amide bonds. The molecule has 0 fully saturated rings. The van der Waals surface area contributed by atoms with Crippen LogP contribution in [0.5, 0.6) is 0 Å². The van der Waals surface area contributed by atoms with Gasteiger partial charge in [0.1, 0.15) is 0 Å². The van der Waals surface area contributed by atoms with Crippen LogP contribution in [0.3, 0.4) is 0 Å². The summed E-state index contributed by atoms with van der Waals surface area (Å²) in [5.41, 5.74) is 5.59. The van der Waals surface area contributed by atoms with E-state index in [-0.39, 0.29) is 30.5 Å². The summed E-state index contributed by atoms with van der Waals surface area (Å²) < 4.78 is 37.6. The van der Waals surface area contributed by atoms with Gasteiger partial charge in [0.2, 0.25) is 0 Å². The van der Waals surface area contributed by atoms with Gasteiger partial charge in [0.05, 0.1) is 12.1 Å². The number of rotatable bonds is 4.